The summed E-state index contributed by atoms with van der Waals surface area (Å²) in [6.07, 6.45) is 1.74. The number of nitrogens with zero attached hydrogens (tertiary/aromatic N) is 4. The highest BCUT2D eigenvalue weighted by Gasteiger charge is 2.11. The van der Waals surface area contributed by atoms with Crippen molar-refractivity contribution < 1.29 is 0 Å². The van der Waals surface area contributed by atoms with Gasteiger partial charge in [0.15, 0.2) is 0 Å². The number of aromatic nitrogens is 3. The molecule has 0 N–H and O–H groups in total. The van der Waals surface area contributed by atoms with Crippen LogP contribution >= 0.6 is 22.9 Å². The molecule has 0 saturated carbocycles. The molecule has 2 rings (SSSR count). The number of hydrogen-bond acceptors (Lipinski definition) is 5. The molecule has 0 aliphatic heterocycles. The lowest BCUT2D eigenvalue weighted by atomic mass is 10.3. The first-order valence-electron chi connectivity index (χ1n) is 5.17. The fourth-order valence-electron chi connectivity index (χ4n) is 1.57. The van der Waals surface area contributed by atoms with E-state index in [4.69, 9.17) is 11.6 Å². The van der Waals surface area contributed by atoms with Crippen molar-refractivity contribution in [1.29, 1.82) is 0 Å². The van der Waals surface area contributed by atoms with Crippen molar-refractivity contribution in [3.8, 4) is 0 Å². The summed E-state index contributed by atoms with van der Waals surface area (Å²) in [5, 5.41) is 0.276. The van der Waals surface area contributed by atoms with E-state index in [2.05, 4.69) is 19.9 Å². The third-order valence-electron chi connectivity index (χ3n) is 2.50. The first kappa shape index (κ1) is 12.3. The summed E-state index contributed by atoms with van der Waals surface area (Å²) in [6.45, 7) is 4.77. The molecule has 4 nitrogen and oxygen atoms in total. The normalized spacial score (nSPS) is 10.6. The van der Waals surface area contributed by atoms with E-state index in [-0.39, 0.29) is 5.28 Å². The summed E-state index contributed by atoms with van der Waals surface area (Å²) in [4.78, 5) is 15.7. The topological polar surface area (TPSA) is 41.9 Å². The van der Waals surface area contributed by atoms with Crippen LogP contribution in [0.1, 0.15) is 16.1 Å². The number of hydrogen-bond donors (Lipinski definition) is 0. The second-order valence-electron chi connectivity index (χ2n) is 3.86. The van der Waals surface area contributed by atoms with E-state index in [9.17, 15) is 0 Å². The van der Waals surface area contributed by atoms with E-state index in [0.717, 1.165) is 23.6 Å². The molecule has 0 unspecified atom stereocenters. The lowest BCUT2D eigenvalue weighted by Crippen LogP contribution is -2.19. The van der Waals surface area contributed by atoms with Crippen LogP contribution in [0.15, 0.2) is 11.7 Å². The van der Waals surface area contributed by atoms with Crippen molar-refractivity contribution in [2.75, 3.05) is 11.9 Å². The Balaban J connectivity index is 2.23. The Morgan fingerprint density at radius 3 is 2.76 bits per heavy atom. The van der Waals surface area contributed by atoms with Gasteiger partial charge in [-0.2, -0.15) is 0 Å². The molecule has 0 aliphatic rings. The van der Waals surface area contributed by atoms with E-state index >= 15 is 0 Å². The first-order valence-corrected chi connectivity index (χ1v) is 6.43. The quantitative estimate of drug-likeness (QED) is 0.803. The van der Waals surface area contributed by atoms with Gasteiger partial charge in [-0.25, -0.2) is 15.0 Å². The Morgan fingerprint density at radius 2 is 2.12 bits per heavy atom. The number of rotatable bonds is 3. The van der Waals surface area contributed by atoms with E-state index < -0.39 is 0 Å². The van der Waals surface area contributed by atoms with Crippen molar-refractivity contribution >= 4 is 28.8 Å². The van der Waals surface area contributed by atoms with Crippen LogP contribution in [0.5, 0.6) is 0 Å². The van der Waals surface area contributed by atoms with Crippen molar-refractivity contribution in [2.24, 2.45) is 0 Å². The van der Waals surface area contributed by atoms with E-state index in [0.29, 0.717) is 0 Å². The lowest BCUT2D eigenvalue weighted by molar-refractivity contribution is 0.885. The molecule has 0 aromatic carbocycles. The molecular formula is C11H13ClN4S. The molecule has 0 fully saturated rings. The minimum Gasteiger partial charge on any atom is -0.354 e. The van der Waals surface area contributed by atoms with Crippen molar-refractivity contribution in [3.05, 3.63) is 33.1 Å². The number of halogens is 1. The van der Waals surface area contributed by atoms with Crippen LogP contribution < -0.4 is 4.90 Å². The van der Waals surface area contributed by atoms with Crippen LogP contribution in [0.3, 0.4) is 0 Å². The van der Waals surface area contributed by atoms with Gasteiger partial charge in [0.2, 0.25) is 5.28 Å². The van der Waals surface area contributed by atoms with Crippen molar-refractivity contribution in [1.82, 2.24) is 15.0 Å². The predicted molar refractivity (Wildman–Crippen MR) is 70.7 cm³/mol. The molecule has 0 spiro atoms. The summed E-state index contributed by atoms with van der Waals surface area (Å²) in [7, 11) is 1.99. The van der Waals surface area contributed by atoms with Gasteiger partial charge in [-0.15, -0.1) is 11.3 Å². The maximum absolute atomic E-state index is 5.82. The third-order valence-corrected chi connectivity index (χ3v) is 3.60. The highest BCUT2D eigenvalue weighted by molar-refractivity contribution is 7.09. The second kappa shape index (κ2) is 4.98. The SMILES string of the molecule is Cc1cnc(Cl)nc1N(C)Cc1scnc1C. The Labute approximate surface area is 109 Å². The summed E-state index contributed by atoms with van der Waals surface area (Å²) in [5.74, 6) is 0.859. The molecular weight excluding hydrogens is 256 g/mol. The highest BCUT2D eigenvalue weighted by atomic mass is 35.5. The molecule has 17 heavy (non-hydrogen) atoms. The molecule has 0 atom stereocenters. The minimum atomic E-state index is 0.276. The fourth-order valence-corrected chi connectivity index (χ4v) is 2.53. The van der Waals surface area contributed by atoms with E-state index in [1.54, 1.807) is 17.5 Å². The van der Waals surface area contributed by atoms with Gasteiger partial charge in [-0.3, -0.25) is 0 Å². The van der Waals surface area contributed by atoms with E-state index in [1.807, 2.05) is 26.4 Å². The molecule has 0 bridgehead atoms. The molecule has 2 aromatic rings. The summed E-state index contributed by atoms with van der Waals surface area (Å²) in [6, 6.07) is 0. The Bertz CT molecular complexity index is 526. The van der Waals surface area contributed by atoms with Gasteiger partial charge in [0.05, 0.1) is 17.7 Å². The standard InChI is InChI=1S/C11H13ClN4S/c1-7-4-13-11(12)15-10(7)16(3)5-9-8(2)14-6-17-9/h4,6H,5H2,1-3H3. The Hall–Kier alpha value is -1.20. The van der Waals surface area contributed by atoms with Crippen LogP contribution in [-0.2, 0) is 6.54 Å². The van der Waals surface area contributed by atoms with Gasteiger partial charge >= 0.3 is 0 Å². The van der Waals surface area contributed by atoms with Crippen LogP contribution in [0.2, 0.25) is 5.28 Å². The lowest BCUT2D eigenvalue weighted by Gasteiger charge is -2.19. The maximum Gasteiger partial charge on any atom is 0.224 e. The molecule has 2 heterocycles. The van der Waals surface area contributed by atoms with E-state index in [1.165, 1.54) is 4.88 Å². The highest BCUT2D eigenvalue weighted by Crippen LogP contribution is 2.21. The maximum atomic E-state index is 5.82. The van der Waals surface area contributed by atoms with Crippen molar-refractivity contribution in [2.45, 2.75) is 20.4 Å². The van der Waals surface area contributed by atoms with Gasteiger partial charge in [0.1, 0.15) is 5.82 Å². The van der Waals surface area contributed by atoms with Crippen LogP contribution in [-0.4, -0.2) is 22.0 Å². The van der Waals surface area contributed by atoms with Gasteiger partial charge < -0.3 is 4.90 Å². The average molecular weight is 269 g/mol. The molecule has 2 aromatic heterocycles. The summed E-state index contributed by atoms with van der Waals surface area (Å²) < 4.78 is 0. The van der Waals surface area contributed by atoms with Crippen LogP contribution in [0.25, 0.3) is 0 Å². The number of aryl methyl sites for hydroxylation is 2. The Kier molecular flexibility index (Phi) is 3.59. The number of anilines is 1. The monoisotopic (exact) mass is 268 g/mol. The van der Waals surface area contributed by atoms with Gasteiger partial charge in [-0.1, -0.05) is 0 Å². The summed E-state index contributed by atoms with van der Waals surface area (Å²) >= 11 is 7.47. The molecule has 0 radical (unpaired) electrons. The third kappa shape index (κ3) is 2.73. The molecule has 6 heteroatoms. The second-order valence-corrected chi connectivity index (χ2v) is 5.14. The zero-order chi connectivity index (χ0) is 12.4. The average Bonchev–Trinajstić information content (AvgIpc) is 2.68. The van der Waals surface area contributed by atoms with Gasteiger partial charge in [0.25, 0.3) is 0 Å². The molecule has 90 valence electrons. The zero-order valence-corrected chi connectivity index (χ0v) is 11.5. The molecule has 0 saturated heterocycles. The number of thiazole rings is 1. The first-order chi connectivity index (χ1) is 8.08. The minimum absolute atomic E-state index is 0.276. The molecule has 0 aliphatic carbocycles. The van der Waals surface area contributed by atoms with Crippen LogP contribution in [0.4, 0.5) is 5.82 Å². The smallest absolute Gasteiger partial charge is 0.224 e. The van der Waals surface area contributed by atoms with Gasteiger partial charge in [-0.05, 0) is 25.4 Å². The molecule has 0 amide bonds. The van der Waals surface area contributed by atoms with Gasteiger partial charge in [0, 0.05) is 23.7 Å². The van der Waals surface area contributed by atoms with Crippen molar-refractivity contribution in [3.63, 3.8) is 0 Å². The zero-order valence-electron chi connectivity index (χ0n) is 9.94. The largest absolute Gasteiger partial charge is 0.354 e. The predicted octanol–water partition coefficient (Wildman–Crippen LogP) is 2.84. The fraction of sp³-hybridized carbons (Fsp3) is 0.364. The Morgan fingerprint density at radius 1 is 1.35 bits per heavy atom. The summed E-state index contributed by atoms with van der Waals surface area (Å²) in [5.41, 5.74) is 3.94. The van der Waals surface area contributed by atoms with Crippen LogP contribution in [0, 0.1) is 13.8 Å².